The van der Waals surface area contributed by atoms with Crippen molar-refractivity contribution in [1.82, 2.24) is 10.3 Å². The number of carbonyl (C=O) groups excluding carboxylic acids is 2. The molecule has 1 N–H and O–H groups in total. The standard InChI is InChI=1S/C22H19N3O2S/c1-14-20(15(2)26)21(17-9-6-10-24-12-17)18(11-23)22(25-14)28-13-19(27)16-7-4-3-5-8-16/h3-10,12,21,25H,13H2,1-2H3/t21-/m0/s1. The topological polar surface area (TPSA) is 82.9 Å². The van der Waals surface area contributed by atoms with Crippen LogP contribution in [0, 0.1) is 11.3 Å². The zero-order valence-corrected chi connectivity index (χ0v) is 16.4. The van der Waals surface area contributed by atoms with Gasteiger partial charge in [-0.1, -0.05) is 48.2 Å². The number of carbonyl (C=O) groups is 2. The van der Waals surface area contributed by atoms with Gasteiger partial charge >= 0.3 is 0 Å². The number of nitriles is 1. The number of ketones is 2. The van der Waals surface area contributed by atoms with E-state index in [1.165, 1.54) is 18.7 Å². The fourth-order valence-electron chi connectivity index (χ4n) is 3.22. The van der Waals surface area contributed by atoms with Crippen LogP contribution in [0.5, 0.6) is 0 Å². The van der Waals surface area contributed by atoms with Crippen LogP contribution in [-0.4, -0.2) is 22.3 Å². The van der Waals surface area contributed by atoms with Crippen molar-refractivity contribution in [1.29, 1.82) is 5.26 Å². The first kappa shape index (κ1) is 19.6. The zero-order valence-electron chi connectivity index (χ0n) is 15.6. The molecule has 1 aromatic carbocycles. The molecule has 1 aliphatic rings. The van der Waals surface area contributed by atoms with Gasteiger partial charge < -0.3 is 5.32 Å². The third-order valence-corrected chi connectivity index (χ3v) is 5.51. The van der Waals surface area contributed by atoms with Gasteiger partial charge in [-0.25, -0.2) is 0 Å². The predicted octanol–water partition coefficient (Wildman–Crippen LogP) is 3.98. The molecule has 1 aliphatic heterocycles. The molecule has 0 aliphatic carbocycles. The van der Waals surface area contributed by atoms with Crippen molar-refractivity contribution in [3.05, 3.63) is 87.9 Å². The van der Waals surface area contributed by atoms with Crippen molar-refractivity contribution in [3.63, 3.8) is 0 Å². The Hall–Kier alpha value is -3.17. The second-order valence-corrected chi connectivity index (χ2v) is 7.36. The van der Waals surface area contributed by atoms with Gasteiger partial charge in [0.2, 0.25) is 0 Å². The molecule has 140 valence electrons. The van der Waals surface area contributed by atoms with E-state index in [1.54, 1.807) is 30.6 Å². The number of nitrogens with zero attached hydrogens (tertiary/aromatic N) is 2. The van der Waals surface area contributed by atoms with Gasteiger partial charge in [-0.3, -0.25) is 14.6 Å². The summed E-state index contributed by atoms with van der Waals surface area (Å²) in [5.41, 5.74) is 3.07. The molecule has 5 nitrogen and oxygen atoms in total. The first-order valence-electron chi connectivity index (χ1n) is 8.77. The Kier molecular flexibility index (Phi) is 6.07. The maximum Gasteiger partial charge on any atom is 0.173 e. The van der Waals surface area contributed by atoms with Crippen molar-refractivity contribution in [2.24, 2.45) is 0 Å². The summed E-state index contributed by atoms with van der Waals surface area (Å²) >= 11 is 1.28. The number of dihydropyridines is 1. The molecular weight excluding hydrogens is 370 g/mol. The molecule has 0 saturated carbocycles. The predicted molar refractivity (Wildman–Crippen MR) is 109 cm³/mol. The summed E-state index contributed by atoms with van der Waals surface area (Å²) in [7, 11) is 0. The second-order valence-electron chi connectivity index (χ2n) is 6.37. The van der Waals surface area contributed by atoms with Crippen LogP contribution in [0.4, 0.5) is 0 Å². The lowest BCUT2D eigenvalue weighted by Crippen LogP contribution is -2.27. The smallest absolute Gasteiger partial charge is 0.173 e. The minimum absolute atomic E-state index is 0.0193. The Morgan fingerprint density at radius 3 is 2.57 bits per heavy atom. The highest BCUT2D eigenvalue weighted by molar-refractivity contribution is 8.03. The van der Waals surface area contributed by atoms with Crippen molar-refractivity contribution < 1.29 is 9.59 Å². The average Bonchev–Trinajstić information content (AvgIpc) is 2.72. The fraction of sp³-hybridized carbons (Fsp3) is 0.182. The van der Waals surface area contributed by atoms with E-state index in [9.17, 15) is 14.9 Å². The molecule has 1 atom stereocenters. The summed E-state index contributed by atoms with van der Waals surface area (Å²) in [6.07, 6.45) is 3.32. The lowest BCUT2D eigenvalue weighted by atomic mass is 9.81. The number of benzene rings is 1. The van der Waals surface area contributed by atoms with Gasteiger partial charge in [0.15, 0.2) is 11.6 Å². The molecule has 0 unspecified atom stereocenters. The normalized spacial score (nSPS) is 16.4. The van der Waals surface area contributed by atoms with Gasteiger partial charge in [-0.2, -0.15) is 5.26 Å². The largest absolute Gasteiger partial charge is 0.353 e. The van der Waals surface area contributed by atoms with Gasteiger partial charge in [-0.05, 0) is 25.5 Å². The van der Waals surface area contributed by atoms with Gasteiger partial charge in [0.05, 0.1) is 28.3 Å². The number of Topliss-reactive ketones (excluding diaryl/α,β-unsaturated/α-hetero) is 2. The van der Waals surface area contributed by atoms with E-state index >= 15 is 0 Å². The molecule has 0 saturated heterocycles. The van der Waals surface area contributed by atoms with E-state index in [-0.39, 0.29) is 17.3 Å². The number of allylic oxidation sites excluding steroid dienone is 3. The van der Waals surface area contributed by atoms with E-state index < -0.39 is 5.92 Å². The lowest BCUT2D eigenvalue weighted by Gasteiger charge is -2.29. The van der Waals surface area contributed by atoms with Gasteiger partial charge in [0.25, 0.3) is 0 Å². The molecule has 1 aromatic heterocycles. The van der Waals surface area contributed by atoms with Crippen LogP contribution in [0.2, 0.25) is 0 Å². The Morgan fingerprint density at radius 2 is 1.96 bits per heavy atom. The molecule has 3 rings (SSSR count). The maximum atomic E-state index is 12.5. The van der Waals surface area contributed by atoms with Gasteiger partial charge in [-0.15, -0.1) is 0 Å². The number of thioether (sulfide) groups is 1. The summed E-state index contributed by atoms with van der Waals surface area (Å²) in [4.78, 5) is 28.9. The molecule has 0 spiro atoms. The van der Waals surface area contributed by atoms with E-state index in [4.69, 9.17) is 0 Å². The number of rotatable bonds is 6. The Morgan fingerprint density at radius 1 is 1.21 bits per heavy atom. The van der Waals surface area contributed by atoms with Crippen molar-refractivity contribution in [2.75, 3.05) is 5.75 Å². The highest BCUT2D eigenvalue weighted by Gasteiger charge is 2.33. The van der Waals surface area contributed by atoms with Crippen molar-refractivity contribution in [2.45, 2.75) is 19.8 Å². The molecule has 2 heterocycles. The first-order chi connectivity index (χ1) is 13.5. The Labute approximate surface area is 168 Å². The van der Waals surface area contributed by atoms with E-state index in [1.807, 2.05) is 31.2 Å². The molecule has 0 bridgehead atoms. The zero-order chi connectivity index (χ0) is 20.1. The maximum absolute atomic E-state index is 12.5. The van der Waals surface area contributed by atoms with Gasteiger partial charge in [0.1, 0.15) is 0 Å². The average molecular weight is 389 g/mol. The Balaban J connectivity index is 1.95. The number of hydrogen-bond acceptors (Lipinski definition) is 6. The second kappa shape index (κ2) is 8.68. The molecule has 0 amide bonds. The van der Waals surface area contributed by atoms with Crippen LogP contribution in [0.1, 0.15) is 35.7 Å². The quantitative estimate of drug-likeness (QED) is 0.753. The molecule has 0 fully saturated rings. The van der Waals surface area contributed by atoms with Crippen LogP contribution < -0.4 is 5.32 Å². The summed E-state index contributed by atoms with van der Waals surface area (Å²) in [6.45, 7) is 3.31. The van der Waals surface area contributed by atoms with E-state index in [2.05, 4.69) is 16.4 Å². The molecular formula is C22H19N3O2S. The summed E-state index contributed by atoms with van der Waals surface area (Å²) in [5, 5.41) is 13.6. The minimum Gasteiger partial charge on any atom is -0.353 e. The number of pyridine rings is 1. The summed E-state index contributed by atoms with van der Waals surface area (Å²) in [6, 6.07) is 14.9. The number of aromatic nitrogens is 1. The van der Waals surface area contributed by atoms with Crippen LogP contribution >= 0.6 is 11.8 Å². The lowest BCUT2D eigenvalue weighted by molar-refractivity contribution is -0.113. The molecule has 28 heavy (non-hydrogen) atoms. The summed E-state index contributed by atoms with van der Waals surface area (Å²) in [5.74, 6) is -0.420. The SMILES string of the molecule is CC(=O)C1=C(C)NC(SCC(=O)c2ccccc2)=C(C#N)[C@@H]1c1cccnc1. The third-order valence-electron chi connectivity index (χ3n) is 4.49. The highest BCUT2D eigenvalue weighted by Crippen LogP contribution is 2.40. The van der Waals surface area contributed by atoms with Crippen LogP contribution in [-0.2, 0) is 4.79 Å². The van der Waals surface area contributed by atoms with Crippen LogP contribution in [0.3, 0.4) is 0 Å². The minimum atomic E-state index is -0.494. The number of hydrogen-bond donors (Lipinski definition) is 1. The van der Waals surface area contributed by atoms with Crippen molar-refractivity contribution in [3.8, 4) is 6.07 Å². The van der Waals surface area contributed by atoms with Crippen molar-refractivity contribution >= 4 is 23.3 Å². The van der Waals surface area contributed by atoms with E-state index in [0.717, 1.165) is 5.56 Å². The summed E-state index contributed by atoms with van der Waals surface area (Å²) < 4.78 is 0. The highest BCUT2D eigenvalue weighted by atomic mass is 32.2. The fourth-order valence-corrected chi connectivity index (χ4v) is 4.20. The Bertz CT molecular complexity index is 1010. The molecule has 6 heteroatoms. The first-order valence-corrected chi connectivity index (χ1v) is 9.75. The van der Waals surface area contributed by atoms with Gasteiger partial charge in [0, 0.05) is 29.2 Å². The number of nitrogens with one attached hydrogen (secondary N) is 1. The third kappa shape index (κ3) is 4.05. The van der Waals surface area contributed by atoms with E-state index in [0.29, 0.717) is 27.4 Å². The molecule has 0 radical (unpaired) electrons. The van der Waals surface area contributed by atoms with Crippen LogP contribution in [0.15, 0.2) is 76.7 Å². The molecule has 2 aromatic rings. The monoisotopic (exact) mass is 389 g/mol. The van der Waals surface area contributed by atoms with Crippen LogP contribution in [0.25, 0.3) is 0 Å².